The molecule has 0 bridgehead atoms. The topological polar surface area (TPSA) is 94.8 Å². The fraction of sp³-hybridized carbons (Fsp3) is 0.235. The molecule has 1 N–H and O–H groups in total. The number of carbonyl (C=O) groups is 1. The third-order valence-electron chi connectivity index (χ3n) is 3.88. The molecule has 0 radical (unpaired) electrons. The Morgan fingerprint density at radius 3 is 2.48 bits per heavy atom. The number of hydrogen-bond acceptors (Lipinski definition) is 6. The van der Waals surface area contributed by atoms with Gasteiger partial charge >= 0.3 is 6.09 Å². The van der Waals surface area contributed by atoms with Crippen molar-refractivity contribution in [3.8, 4) is 11.4 Å². The van der Waals surface area contributed by atoms with E-state index in [4.69, 9.17) is 4.74 Å². The molecule has 0 spiro atoms. The largest absolute Gasteiger partial charge is 0.441 e. The van der Waals surface area contributed by atoms with Crippen molar-refractivity contribution in [3.05, 3.63) is 53.7 Å². The first-order chi connectivity index (χ1) is 13.8. The standard InChI is InChI=1S/C17H14F4N6O2/c1-8(11-3-10(18)6-22-14(11)21)29-17(28)26-16-12(7-25-27(16)2)15-23-4-9(5-24-15)13(19)20/h3-8,13H,1-2H3,(H,26,28)/t8-/m1/s1. The van der Waals surface area contributed by atoms with E-state index in [1.165, 1.54) is 24.9 Å². The van der Waals surface area contributed by atoms with Gasteiger partial charge in [0.15, 0.2) is 5.82 Å². The number of aryl methyl sites for hydroxylation is 1. The van der Waals surface area contributed by atoms with E-state index < -0.39 is 30.4 Å². The van der Waals surface area contributed by atoms with Gasteiger partial charge in [0.25, 0.3) is 6.43 Å². The van der Waals surface area contributed by atoms with Gasteiger partial charge in [-0.25, -0.2) is 32.9 Å². The summed E-state index contributed by atoms with van der Waals surface area (Å²) in [7, 11) is 1.51. The molecule has 0 aliphatic rings. The van der Waals surface area contributed by atoms with Crippen molar-refractivity contribution in [2.75, 3.05) is 5.32 Å². The highest BCUT2D eigenvalue weighted by Gasteiger charge is 2.21. The number of carbonyl (C=O) groups excluding carboxylic acids is 1. The van der Waals surface area contributed by atoms with Crippen LogP contribution in [0, 0.1) is 11.8 Å². The average Bonchev–Trinajstić information content (AvgIpc) is 3.04. The zero-order chi connectivity index (χ0) is 21.1. The quantitative estimate of drug-likeness (QED) is 0.508. The normalized spacial score (nSPS) is 12.1. The summed E-state index contributed by atoms with van der Waals surface area (Å²) in [5.74, 6) is -1.59. The fourth-order valence-electron chi connectivity index (χ4n) is 2.41. The minimum atomic E-state index is -2.72. The summed E-state index contributed by atoms with van der Waals surface area (Å²) in [4.78, 5) is 23.1. The van der Waals surface area contributed by atoms with Crippen LogP contribution in [0.1, 0.15) is 30.6 Å². The molecule has 0 aromatic carbocycles. The zero-order valence-corrected chi connectivity index (χ0v) is 15.1. The van der Waals surface area contributed by atoms with Crippen LogP contribution < -0.4 is 5.32 Å². The summed E-state index contributed by atoms with van der Waals surface area (Å²) >= 11 is 0. The van der Waals surface area contributed by atoms with E-state index in [0.29, 0.717) is 6.20 Å². The van der Waals surface area contributed by atoms with Crippen LogP contribution in [0.5, 0.6) is 0 Å². The Morgan fingerprint density at radius 1 is 1.14 bits per heavy atom. The van der Waals surface area contributed by atoms with Gasteiger partial charge < -0.3 is 4.74 Å². The van der Waals surface area contributed by atoms with Crippen molar-refractivity contribution in [1.29, 1.82) is 0 Å². The van der Waals surface area contributed by atoms with Crippen molar-refractivity contribution in [2.45, 2.75) is 19.5 Å². The van der Waals surface area contributed by atoms with Crippen LogP contribution in [-0.2, 0) is 11.8 Å². The molecule has 3 heterocycles. The van der Waals surface area contributed by atoms with Crippen LogP contribution in [0.3, 0.4) is 0 Å². The Kier molecular flexibility index (Phi) is 5.71. The van der Waals surface area contributed by atoms with Crippen molar-refractivity contribution < 1.29 is 27.1 Å². The van der Waals surface area contributed by atoms with Gasteiger partial charge in [-0.15, -0.1) is 0 Å². The van der Waals surface area contributed by atoms with Crippen LogP contribution in [0.15, 0.2) is 30.9 Å². The molecule has 152 valence electrons. The second-order valence-corrected chi connectivity index (χ2v) is 5.88. The maximum atomic E-state index is 13.7. The minimum Gasteiger partial charge on any atom is -0.441 e. The van der Waals surface area contributed by atoms with Gasteiger partial charge in [-0.05, 0) is 13.0 Å². The summed E-state index contributed by atoms with van der Waals surface area (Å²) in [6.07, 6.45) is -0.899. The Hall–Kier alpha value is -3.57. The monoisotopic (exact) mass is 410 g/mol. The Bertz CT molecular complexity index is 1030. The van der Waals surface area contributed by atoms with Crippen LogP contribution in [0.25, 0.3) is 11.4 Å². The number of nitrogens with one attached hydrogen (secondary N) is 1. The molecule has 29 heavy (non-hydrogen) atoms. The lowest BCUT2D eigenvalue weighted by Gasteiger charge is -2.15. The molecule has 3 aromatic heterocycles. The van der Waals surface area contributed by atoms with Crippen molar-refractivity contribution in [3.63, 3.8) is 0 Å². The molecule has 0 aliphatic heterocycles. The van der Waals surface area contributed by atoms with Gasteiger partial charge in [-0.3, -0.25) is 10.00 Å². The fourth-order valence-corrected chi connectivity index (χ4v) is 2.41. The molecule has 3 rings (SSSR count). The lowest BCUT2D eigenvalue weighted by molar-refractivity contribution is 0.118. The zero-order valence-electron chi connectivity index (χ0n) is 15.1. The predicted octanol–water partition coefficient (Wildman–Crippen LogP) is 3.80. The number of halogens is 4. The molecule has 8 nitrogen and oxygen atoms in total. The van der Waals surface area contributed by atoms with Crippen molar-refractivity contribution >= 4 is 11.9 Å². The summed E-state index contributed by atoms with van der Waals surface area (Å²) < 4.78 is 58.6. The van der Waals surface area contributed by atoms with Gasteiger partial charge in [0.2, 0.25) is 5.95 Å². The highest BCUT2D eigenvalue weighted by Crippen LogP contribution is 2.27. The Morgan fingerprint density at radius 2 is 1.83 bits per heavy atom. The average molecular weight is 410 g/mol. The van der Waals surface area contributed by atoms with Crippen LogP contribution in [0.4, 0.5) is 28.2 Å². The minimum absolute atomic E-state index is 0.0474. The molecule has 3 aromatic rings. The maximum Gasteiger partial charge on any atom is 0.413 e. The molecule has 0 saturated heterocycles. The molecule has 0 saturated carbocycles. The summed E-state index contributed by atoms with van der Waals surface area (Å²) in [5.41, 5.74) is -0.348. The number of nitrogens with zero attached hydrogens (tertiary/aromatic N) is 5. The number of hydrogen-bond donors (Lipinski definition) is 1. The first-order valence-electron chi connectivity index (χ1n) is 8.17. The van der Waals surface area contributed by atoms with Gasteiger partial charge in [-0.2, -0.15) is 9.49 Å². The van der Waals surface area contributed by atoms with Crippen molar-refractivity contribution in [1.82, 2.24) is 24.7 Å². The highest BCUT2D eigenvalue weighted by molar-refractivity contribution is 5.88. The molecule has 12 heteroatoms. The second-order valence-electron chi connectivity index (χ2n) is 5.88. The lowest BCUT2D eigenvalue weighted by atomic mass is 10.2. The second kappa shape index (κ2) is 8.20. The maximum absolute atomic E-state index is 13.7. The molecule has 0 unspecified atom stereocenters. The van der Waals surface area contributed by atoms with E-state index in [9.17, 15) is 22.4 Å². The van der Waals surface area contributed by atoms with Gasteiger partial charge in [0.05, 0.1) is 29.1 Å². The number of ether oxygens (including phenoxy) is 1. The Labute approximate surface area is 161 Å². The number of alkyl halides is 2. The third kappa shape index (κ3) is 4.47. The SMILES string of the molecule is C[C@@H](OC(=O)Nc1c(-c2ncc(C(F)F)cn2)cnn1C)c1cc(F)cnc1F. The first-order valence-corrected chi connectivity index (χ1v) is 8.17. The van der Waals surface area contributed by atoms with Gasteiger partial charge in [0, 0.05) is 19.4 Å². The van der Waals surface area contributed by atoms with E-state index in [1.54, 1.807) is 0 Å². The molecular weight excluding hydrogens is 396 g/mol. The highest BCUT2D eigenvalue weighted by atomic mass is 19.3. The molecule has 0 fully saturated rings. The molecule has 0 aliphatic carbocycles. The number of rotatable bonds is 5. The van der Waals surface area contributed by atoms with E-state index in [0.717, 1.165) is 18.5 Å². The number of pyridine rings is 1. The van der Waals surface area contributed by atoms with E-state index in [-0.39, 0.29) is 28.3 Å². The predicted molar refractivity (Wildman–Crippen MR) is 91.9 cm³/mol. The van der Waals surface area contributed by atoms with Crippen molar-refractivity contribution in [2.24, 2.45) is 7.05 Å². The lowest BCUT2D eigenvalue weighted by Crippen LogP contribution is -2.19. The van der Waals surface area contributed by atoms with E-state index in [1.807, 2.05) is 0 Å². The van der Waals surface area contributed by atoms with Crippen LogP contribution in [-0.4, -0.2) is 30.8 Å². The molecule has 1 atom stereocenters. The first kappa shape index (κ1) is 20.2. The van der Waals surface area contributed by atoms with Crippen LogP contribution in [0.2, 0.25) is 0 Å². The van der Waals surface area contributed by atoms with E-state index in [2.05, 4.69) is 25.4 Å². The van der Waals surface area contributed by atoms with E-state index >= 15 is 0 Å². The molecule has 1 amide bonds. The number of aromatic nitrogens is 5. The number of anilines is 1. The van der Waals surface area contributed by atoms with Gasteiger partial charge in [0.1, 0.15) is 17.7 Å². The molecular formula is C17H14F4N6O2. The Balaban J connectivity index is 1.77. The summed E-state index contributed by atoms with van der Waals surface area (Å²) in [6, 6.07) is 0.869. The van der Waals surface area contributed by atoms with Gasteiger partial charge in [-0.1, -0.05) is 0 Å². The summed E-state index contributed by atoms with van der Waals surface area (Å²) in [6.45, 7) is 1.34. The number of amides is 1. The smallest absolute Gasteiger partial charge is 0.413 e. The third-order valence-corrected chi connectivity index (χ3v) is 3.88. The summed E-state index contributed by atoms with van der Waals surface area (Å²) in [5, 5.41) is 6.37. The van der Waals surface area contributed by atoms with Crippen LogP contribution >= 0.6 is 0 Å².